The van der Waals surface area contributed by atoms with Gasteiger partial charge in [-0.3, -0.25) is 4.79 Å². The van der Waals surface area contributed by atoms with Gasteiger partial charge < -0.3 is 25.7 Å². The van der Waals surface area contributed by atoms with Gasteiger partial charge in [0, 0.05) is 12.1 Å². The average Bonchev–Trinajstić information content (AvgIpc) is 2.87. The molecule has 0 bridgehead atoms. The SMILES string of the molecule is CC.Cc1ccc(Nc2c(C(=O)N3CC(O)(CNC4(CO)CCCCC4)C3)ccc(F)c2F)c(F)c1. The molecule has 0 radical (unpaired) electrons. The molecule has 0 unspecified atom stereocenters. The molecule has 1 aliphatic carbocycles. The third-order valence-electron chi connectivity index (χ3n) is 6.87. The predicted octanol–water partition coefficient (Wildman–Crippen LogP) is 4.65. The Morgan fingerprint density at radius 2 is 1.69 bits per heavy atom. The highest BCUT2D eigenvalue weighted by atomic mass is 19.2. The summed E-state index contributed by atoms with van der Waals surface area (Å²) in [5.41, 5.74) is -1.66. The first kappa shape index (κ1) is 28.0. The minimum atomic E-state index is -1.29. The average molecular weight is 508 g/mol. The molecule has 1 saturated carbocycles. The highest BCUT2D eigenvalue weighted by molar-refractivity contribution is 6.01. The number of nitrogens with zero attached hydrogens (tertiary/aromatic N) is 1. The summed E-state index contributed by atoms with van der Waals surface area (Å²) in [5.74, 6) is -3.72. The summed E-state index contributed by atoms with van der Waals surface area (Å²) >= 11 is 0. The van der Waals surface area contributed by atoms with E-state index < -0.39 is 40.2 Å². The lowest BCUT2D eigenvalue weighted by Gasteiger charge is -2.49. The normalized spacial score (nSPS) is 18.1. The van der Waals surface area contributed by atoms with Crippen molar-refractivity contribution in [2.24, 2.45) is 0 Å². The number of carbonyl (C=O) groups is 1. The number of halogens is 3. The second-order valence-electron chi connectivity index (χ2n) is 9.63. The van der Waals surface area contributed by atoms with Gasteiger partial charge in [0.1, 0.15) is 11.4 Å². The summed E-state index contributed by atoms with van der Waals surface area (Å²) in [7, 11) is 0. The minimum absolute atomic E-state index is 0.00231. The van der Waals surface area contributed by atoms with Crippen molar-refractivity contribution in [3.8, 4) is 0 Å². The number of anilines is 2. The fourth-order valence-corrected chi connectivity index (χ4v) is 4.77. The van der Waals surface area contributed by atoms with Crippen molar-refractivity contribution in [2.45, 2.75) is 64.0 Å². The number of aryl methyl sites for hydroxylation is 1. The van der Waals surface area contributed by atoms with Crippen LogP contribution in [0, 0.1) is 24.4 Å². The third kappa shape index (κ3) is 6.02. The Kier molecular flexibility index (Phi) is 9.03. The molecule has 0 atom stereocenters. The number of amides is 1. The van der Waals surface area contributed by atoms with E-state index in [4.69, 9.17) is 0 Å². The summed E-state index contributed by atoms with van der Waals surface area (Å²) in [6.45, 7) is 5.87. The van der Waals surface area contributed by atoms with E-state index in [2.05, 4.69) is 10.6 Å². The van der Waals surface area contributed by atoms with Gasteiger partial charge in [-0.25, -0.2) is 13.2 Å². The number of nitrogens with one attached hydrogen (secondary N) is 2. The first-order valence-corrected chi connectivity index (χ1v) is 12.5. The maximum atomic E-state index is 14.7. The van der Waals surface area contributed by atoms with Crippen LogP contribution in [0.5, 0.6) is 0 Å². The lowest BCUT2D eigenvalue weighted by atomic mass is 9.81. The van der Waals surface area contributed by atoms with Gasteiger partial charge in [-0.05, 0) is 49.6 Å². The molecule has 0 spiro atoms. The third-order valence-corrected chi connectivity index (χ3v) is 6.87. The molecule has 1 heterocycles. The molecular weight excluding hydrogens is 471 g/mol. The van der Waals surface area contributed by atoms with Crippen LogP contribution in [-0.2, 0) is 0 Å². The maximum absolute atomic E-state index is 14.7. The number of carbonyl (C=O) groups excluding carboxylic acids is 1. The van der Waals surface area contributed by atoms with Gasteiger partial charge in [0.15, 0.2) is 11.6 Å². The van der Waals surface area contributed by atoms with E-state index in [1.165, 1.54) is 17.0 Å². The lowest BCUT2D eigenvalue weighted by molar-refractivity contribution is -0.0848. The van der Waals surface area contributed by atoms with Gasteiger partial charge in [0.2, 0.25) is 0 Å². The highest BCUT2D eigenvalue weighted by Crippen LogP contribution is 2.33. The summed E-state index contributed by atoms with van der Waals surface area (Å²) < 4.78 is 42.9. The smallest absolute Gasteiger partial charge is 0.256 e. The maximum Gasteiger partial charge on any atom is 0.256 e. The number of β-amino-alcohol motifs (C(OH)–C–C–N with tert-alkyl or cyclic N) is 1. The second-order valence-corrected chi connectivity index (χ2v) is 9.63. The van der Waals surface area contributed by atoms with Crippen molar-refractivity contribution < 1.29 is 28.2 Å². The van der Waals surface area contributed by atoms with Crippen LogP contribution in [0.2, 0.25) is 0 Å². The fraction of sp³-hybridized carbons (Fsp3) is 0.519. The van der Waals surface area contributed by atoms with Crippen molar-refractivity contribution in [1.29, 1.82) is 0 Å². The van der Waals surface area contributed by atoms with Crippen LogP contribution in [-0.4, -0.2) is 58.4 Å². The molecule has 2 fully saturated rings. The Balaban J connectivity index is 0.00000176. The van der Waals surface area contributed by atoms with Gasteiger partial charge in [0.25, 0.3) is 5.91 Å². The number of hydrogen-bond donors (Lipinski definition) is 4. The van der Waals surface area contributed by atoms with Gasteiger partial charge in [0.05, 0.1) is 36.6 Å². The molecule has 0 aromatic heterocycles. The van der Waals surface area contributed by atoms with E-state index in [0.717, 1.165) is 44.2 Å². The molecule has 4 N–H and O–H groups in total. The van der Waals surface area contributed by atoms with Crippen LogP contribution in [0.1, 0.15) is 61.9 Å². The topological polar surface area (TPSA) is 84.8 Å². The molecule has 198 valence electrons. The number of rotatable bonds is 7. The Bertz CT molecular complexity index is 1070. The van der Waals surface area contributed by atoms with Crippen LogP contribution in [0.4, 0.5) is 24.5 Å². The van der Waals surface area contributed by atoms with Crippen molar-refractivity contribution in [3.63, 3.8) is 0 Å². The van der Waals surface area contributed by atoms with Crippen molar-refractivity contribution in [2.75, 3.05) is 31.6 Å². The van der Waals surface area contributed by atoms with E-state index in [0.29, 0.717) is 5.56 Å². The summed E-state index contributed by atoms with van der Waals surface area (Å²) in [6.07, 6.45) is 4.77. The van der Waals surface area contributed by atoms with E-state index in [1.54, 1.807) is 13.0 Å². The monoisotopic (exact) mass is 507 g/mol. The molecule has 2 aliphatic rings. The Labute approximate surface area is 210 Å². The highest BCUT2D eigenvalue weighted by Gasteiger charge is 2.46. The van der Waals surface area contributed by atoms with Gasteiger partial charge in [-0.1, -0.05) is 39.2 Å². The molecule has 2 aromatic rings. The van der Waals surface area contributed by atoms with Crippen LogP contribution >= 0.6 is 0 Å². The summed E-state index contributed by atoms with van der Waals surface area (Å²) in [5, 5.41) is 26.5. The van der Waals surface area contributed by atoms with E-state index in [1.807, 2.05) is 13.8 Å². The summed E-state index contributed by atoms with van der Waals surface area (Å²) in [6, 6.07) is 6.24. The van der Waals surface area contributed by atoms with Crippen LogP contribution < -0.4 is 10.6 Å². The predicted molar refractivity (Wildman–Crippen MR) is 134 cm³/mol. The molecule has 1 aliphatic heterocycles. The minimum Gasteiger partial charge on any atom is -0.394 e. The van der Waals surface area contributed by atoms with Gasteiger partial charge in [-0.15, -0.1) is 0 Å². The molecule has 4 rings (SSSR count). The molecule has 36 heavy (non-hydrogen) atoms. The first-order chi connectivity index (χ1) is 17.2. The zero-order valence-corrected chi connectivity index (χ0v) is 21.1. The number of aliphatic hydroxyl groups excluding tert-OH is 1. The fourth-order valence-electron chi connectivity index (χ4n) is 4.77. The molecule has 9 heteroatoms. The van der Waals surface area contributed by atoms with Crippen molar-refractivity contribution in [3.05, 3.63) is 58.9 Å². The zero-order valence-electron chi connectivity index (χ0n) is 21.1. The van der Waals surface area contributed by atoms with Crippen LogP contribution in [0.25, 0.3) is 0 Å². The van der Waals surface area contributed by atoms with Crippen LogP contribution in [0.3, 0.4) is 0 Å². The largest absolute Gasteiger partial charge is 0.394 e. The molecule has 1 saturated heterocycles. The van der Waals surface area contributed by atoms with E-state index in [9.17, 15) is 28.2 Å². The molecule has 1 amide bonds. The quantitative estimate of drug-likeness (QED) is 0.438. The Morgan fingerprint density at radius 3 is 2.31 bits per heavy atom. The van der Waals surface area contributed by atoms with Gasteiger partial charge in [-0.2, -0.15) is 0 Å². The zero-order chi connectivity index (χ0) is 26.5. The molecular formula is C27H36F3N3O3. The standard InChI is InChI=1S/C25H30F3N3O3.C2H6/c1-16-5-8-20(19(27)11-16)30-22-17(6-7-18(26)21(22)28)23(33)31-13-25(34,14-31)12-29-24(15-32)9-3-2-4-10-24;1-2/h5-8,11,29-30,32,34H,2-4,9-10,12-15H2,1H3;1-2H3. The van der Waals surface area contributed by atoms with E-state index >= 15 is 0 Å². The van der Waals surface area contributed by atoms with Crippen molar-refractivity contribution >= 4 is 17.3 Å². The number of hydrogen-bond acceptors (Lipinski definition) is 5. The second kappa shape index (κ2) is 11.6. The number of likely N-dealkylation sites (tertiary alicyclic amines) is 1. The van der Waals surface area contributed by atoms with Crippen molar-refractivity contribution in [1.82, 2.24) is 10.2 Å². The van der Waals surface area contributed by atoms with Crippen LogP contribution in [0.15, 0.2) is 30.3 Å². The molecule has 2 aromatic carbocycles. The number of aliphatic hydroxyl groups is 2. The summed E-state index contributed by atoms with van der Waals surface area (Å²) in [4.78, 5) is 14.4. The Morgan fingerprint density at radius 1 is 1.03 bits per heavy atom. The number of benzene rings is 2. The van der Waals surface area contributed by atoms with Gasteiger partial charge >= 0.3 is 0 Å². The first-order valence-electron chi connectivity index (χ1n) is 12.5. The molecule has 6 nitrogen and oxygen atoms in total. The lowest BCUT2D eigenvalue weighted by Crippen LogP contribution is -2.69. The van der Waals surface area contributed by atoms with E-state index in [-0.39, 0.29) is 37.5 Å². The Hall–Kier alpha value is -2.62.